The van der Waals surface area contributed by atoms with Gasteiger partial charge in [0.15, 0.2) is 0 Å². The Bertz CT molecular complexity index is 2900. The second-order valence-corrected chi connectivity index (χ2v) is 15.5. The normalized spacial score (nSPS) is 11.8. The van der Waals surface area contributed by atoms with Gasteiger partial charge in [-0.15, -0.1) is 0 Å². The van der Waals surface area contributed by atoms with Gasteiger partial charge in [-0.25, -0.2) is 0 Å². The Kier molecular flexibility index (Phi) is 9.50. The van der Waals surface area contributed by atoms with E-state index in [0.717, 1.165) is 38.3 Å². The molecule has 1 aromatic heterocycles. The summed E-state index contributed by atoms with van der Waals surface area (Å²) in [5, 5.41) is 2.40. The number of fused-ring (bicyclic) bond motifs is 3. The van der Waals surface area contributed by atoms with Crippen LogP contribution in [0.4, 0.5) is 17.1 Å². The van der Waals surface area contributed by atoms with Gasteiger partial charge < -0.3 is 9.47 Å². The van der Waals surface area contributed by atoms with Crippen LogP contribution in [0.25, 0.3) is 49.7 Å². The number of nitrogens with zero attached hydrogens (tertiary/aromatic N) is 2. The number of halogens is 1. The van der Waals surface area contributed by atoms with Crippen molar-refractivity contribution < 1.29 is 0 Å². The SMILES string of the molecule is Brc1cccc(C(c2cc(N(c3ccccc3)c3ccccc3)c3c4ccccc4n(-c4ccccc4)c3c2)c2c(-c3ccccc3)cccc2-c2ccccc2)c1. The van der Waals surface area contributed by atoms with Crippen molar-refractivity contribution in [1.82, 2.24) is 4.57 Å². The Morgan fingerprint density at radius 2 is 0.931 bits per heavy atom. The van der Waals surface area contributed by atoms with Gasteiger partial charge in [-0.3, -0.25) is 0 Å². The second-order valence-electron chi connectivity index (χ2n) is 14.6. The summed E-state index contributed by atoms with van der Waals surface area (Å²) >= 11 is 3.89. The molecule has 10 rings (SSSR count). The topological polar surface area (TPSA) is 8.17 Å². The zero-order chi connectivity index (χ0) is 38.8. The quantitative estimate of drug-likeness (QED) is 0.132. The maximum atomic E-state index is 3.89. The zero-order valence-electron chi connectivity index (χ0n) is 31.8. The molecule has 1 atom stereocenters. The molecule has 0 fully saturated rings. The Morgan fingerprint density at radius 1 is 0.414 bits per heavy atom. The van der Waals surface area contributed by atoms with Crippen LogP contribution in [0, 0.1) is 0 Å². The fourth-order valence-electron chi connectivity index (χ4n) is 8.70. The van der Waals surface area contributed by atoms with Crippen LogP contribution in [0.1, 0.15) is 22.6 Å². The molecular formula is C55H39BrN2. The average molecular weight is 808 g/mol. The molecule has 0 aliphatic carbocycles. The third-order valence-corrected chi connectivity index (χ3v) is 11.6. The number of rotatable bonds is 9. The van der Waals surface area contributed by atoms with E-state index in [1.807, 2.05) is 0 Å². The van der Waals surface area contributed by atoms with Gasteiger partial charge in [-0.2, -0.15) is 0 Å². The first-order valence-corrected chi connectivity index (χ1v) is 20.5. The standard InChI is InChI=1S/C55H39BrN2/c56-43-25-18-24-41(36-43)53(54-47(39-20-6-1-7-21-39)33-19-34-48(54)40-22-8-2-9-23-40)42-37-51(57(44-26-10-3-11-27-44)45-28-12-4-13-29-45)55-49-32-16-17-35-50(49)58(52(55)38-42)46-30-14-5-15-31-46/h1-38,53H. The second kappa shape index (κ2) is 15.5. The van der Waals surface area contributed by atoms with E-state index in [0.29, 0.717) is 0 Å². The monoisotopic (exact) mass is 806 g/mol. The third-order valence-electron chi connectivity index (χ3n) is 11.1. The van der Waals surface area contributed by atoms with E-state index in [-0.39, 0.29) is 5.92 Å². The Labute approximate surface area is 348 Å². The molecular weight excluding hydrogens is 769 g/mol. The van der Waals surface area contributed by atoms with Crippen molar-refractivity contribution in [2.45, 2.75) is 5.92 Å². The van der Waals surface area contributed by atoms with Crippen LogP contribution in [0.2, 0.25) is 0 Å². The van der Waals surface area contributed by atoms with Gasteiger partial charge in [0.25, 0.3) is 0 Å². The molecule has 0 radical (unpaired) electrons. The number of para-hydroxylation sites is 4. The average Bonchev–Trinajstić information content (AvgIpc) is 3.63. The smallest absolute Gasteiger partial charge is 0.0565 e. The summed E-state index contributed by atoms with van der Waals surface area (Å²) in [5.74, 6) is -0.164. The first-order valence-electron chi connectivity index (χ1n) is 19.7. The number of hydrogen-bond donors (Lipinski definition) is 0. The van der Waals surface area contributed by atoms with Crippen LogP contribution in [0.5, 0.6) is 0 Å². The first-order chi connectivity index (χ1) is 28.7. The van der Waals surface area contributed by atoms with Gasteiger partial charge in [-0.05, 0) is 106 Å². The Morgan fingerprint density at radius 3 is 1.52 bits per heavy atom. The van der Waals surface area contributed by atoms with Crippen molar-refractivity contribution in [2.75, 3.05) is 4.90 Å². The predicted molar refractivity (Wildman–Crippen MR) is 248 cm³/mol. The van der Waals surface area contributed by atoms with Crippen molar-refractivity contribution in [3.8, 4) is 27.9 Å². The van der Waals surface area contributed by atoms with Crippen molar-refractivity contribution in [2.24, 2.45) is 0 Å². The van der Waals surface area contributed by atoms with E-state index in [1.165, 1.54) is 49.7 Å². The number of aromatic nitrogens is 1. The zero-order valence-corrected chi connectivity index (χ0v) is 33.4. The van der Waals surface area contributed by atoms with Gasteiger partial charge >= 0.3 is 0 Å². The lowest BCUT2D eigenvalue weighted by Gasteiger charge is -2.30. The molecule has 1 heterocycles. The van der Waals surface area contributed by atoms with E-state index >= 15 is 0 Å². The number of hydrogen-bond acceptors (Lipinski definition) is 1. The van der Waals surface area contributed by atoms with Crippen molar-refractivity contribution in [3.05, 3.63) is 252 Å². The highest BCUT2D eigenvalue weighted by molar-refractivity contribution is 9.10. The molecule has 0 saturated heterocycles. The van der Waals surface area contributed by atoms with Crippen LogP contribution in [-0.4, -0.2) is 4.57 Å². The lowest BCUT2D eigenvalue weighted by atomic mass is 9.77. The highest BCUT2D eigenvalue weighted by atomic mass is 79.9. The van der Waals surface area contributed by atoms with E-state index in [4.69, 9.17) is 0 Å². The number of anilines is 3. The van der Waals surface area contributed by atoms with E-state index in [2.05, 4.69) is 256 Å². The summed E-state index contributed by atoms with van der Waals surface area (Å²) in [5.41, 5.74) is 15.2. The molecule has 0 spiro atoms. The fourth-order valence-corrected chi connectivity index (χ4v) is 9.12. The van der Waals surface area contributed by atoms with Crippen LogP contribution in [0.15, 0.2) is 235 Å². The molecule has 10 aromatic rings. The van der Waals surface area contributed by atoms with E-state index < -0.39 is 0 Å². The fraction of sp³-hybridized carbons (Fsp3) is 0.0182. The van der Waals surface area contributed by atoms with E-state index in [9.17, 15) is 0 Å². The maximum Gasteiger partial charge on any atom is 0.0565 e. The minimum Gasteiger partial charge on any atom is -0.310 e. The molecule has 3 heteroatoms. The summed E-state index contributed by atoms with van der Waals surface area (Å²) in [6.07, 6.45) is 0. The molecule has 1 unspecified atom stereocenters. The largest absolute Gasteiger partial charge is 0.310 e. The maximum absolute atomic E-state index is 3.89. The minimum atomic E-state index is -0.164. The highest BCUT2D eigenvalue weighted by Crippen LogP contribution is 2.49. The predicted octanol–water partition coefficient (Wildman–Crippen LogP) is 15.5. The lowest BCUT2D eigenvalue weighted by molar-refractivity contribution is 0.980. The van der Waals surface area contributed by atoms with Crippen molar-refractivity contribution >= 4 is 54.8 Å². The van der Waals surface area contributed by atoms with Gasteiger partial charge in [-0.1, -0.05) is 180 Å². The van der Waals surface area contributed by atoms with Gasteiger partial charge in [0.1, 0.15) is 0 Å². The lowest BCUT2D eigenvalue weighted by Crippen LogP contribution is -2.13. The molecule has 2 nitrogen and oxygen atoms in total. The van der Waals surface area contributed by atoms with Gasteiger partial charge in [0, 0.05) is 38.2 Å². The molecule has 0 saturated carbocycles. The van der Waals surface area contributed by atoms with Crippen LogP contribution < -0.4 is 4.90 Å². The summed E-state index contributed by atoms with van der Waals surface area (Å²) in [7, 11) is 0. The van der Waals surface area contributed by atoms with Crippen LogP contribution >= 0.6 is 15.9 Å². The Balaban J connectivity index is 1.39. The molecule has 0 N–H and O–H groups in total. The van der Waals surface area contributed by atoms with Crippen molar-refractivity contribution in [1.29, 1.82) is 0 Å². The summed E-state index contributed by atoms with van der Waals surface area (Å²) < 4.78 is 3.49. The minimum absolute atomic E-state index is 0.164. The van der Waals surface area contributed by atoms with Crippen molar-refractivity contribution in [3.63, 3.8) is 0 Å². The van der Waals surface area contributed by atoms with Crippen LogP contribution in [0.3, 0.4) is 0 Å². The highest BCUT2D eigenvalue weighted by Gasteiger charge is 2.29. The summed E-state index contributed by atoms with van der Waals surface area (Å²) in [6, 6.07) is 83.5. The molecule has 0 amide bonds. The molecule has 0 bridgehead atoms. The summed E-state index contributed by atoms with van der Waals surface area (Å²) in [4.78, 5) is 2.44. The molecule has 276 valence electrons. The van der Waals surface area contributed by atoms with Gasteiger partial charge in [0.2, 0.25) is 0 Å². The summed E-state index contributed by atoms with van der Waals surface area (Å²) in [6.45, 7) is 0. The molecule has 9 aromatic carbocycles. The number of benzene rings is 9. The third kappa shape index (κ3) is 6.50. The Hall–Kier alpha value is -6.94. The van der Waals surface area contributed by atoms with E-state index in [1.54, 1.807) is 0 Å². The van der Waals surface area contributed by atoms with Gasteiger partial charge in [0.05, 0.1) is 16.7 Å². The molecule has 0 aliphatic heterocycles. The first kappa shape index (κ1) is 35.5. The van der Waals surface area contributed by atoms with Crippen LogP contribution in [-0.2, 0) is 0 Å². The molecule has 0 aliphatic rings. The molecule has 58 heavy (non-hydrogen) atoms.